The number of aromatic nitrogens is 2. The lowest BCUT2D eigenvalue weighted by atomic mass is 10.1. The van der Waals surface area contributed by atoms with E-state index in [1.807, 2.05) is 6.07 Å². The zero-order valence-electron chi connectivity index (χ0n) is 9.52. The van der Waals surface area contributed by atoms with Crippen LogP contribution in [0.2, 0.25) is 0 Å². The summed E-state index contributed by atoms with van der Waals surface area (Å²) in [7, 11) is 1.61. The Morgan fingerprint density at radius 1 is 1.39 bits per heavy atom. The van der Waals surface area contributed by atoms with Gasteiger partial charge in [0.05, 0.1) is 25.3 Å². The van der Waals surface area contributed by atoms with Crippen LogP contribution in [-0.2, 0) is 6.54 Å². The van der Waals surface area contributed by atoms with Crippen molar-refractivity contribution in [2.75, 3.05) is 7.11 Å². The number of nitrogens with zero attached hydrogens (tertiary/aromatic N) is 3. The van der Waals surface area contributed by atoms with Gasteiger partial charge in [-0.3, -0.25) is 4.68 Å². The average Bonchev–Trinajstić information content (AvgIpc) is 2.67. The molecule has 0 unspecified atom stereocenters. The molecule has 1 aromatic carbocycles. The van der Waals surface area contributed by atoms with Crippen LogP contribution in [0, 0.1) is 11.3 Å². The molecule has 1 aromatic heterocycles. The van der Waals surface area contributed by atoms with Gasteiger partial charge in [0.15, 0.2) is 0 Å². The number of hydrogen-bond acceptors (Lipinski definition) is 3. The summed E-state index contributed by atoms with van der Waals surface area (Å²) in [6, 6.07) is 9.31. The molecule has 0 N–H and O–H groups in total. The molecule has 18 heavy (non-hydrogen) atoms. The van der Waals surface area contributed by atoms with Gasteiger partial charge >= 0.3 is 0 Å². The molecule has 0 aliphatic heterocycles. The molecule has 92 valence electrons. The molecule has 6 heteroatoms. The summed E-state index contributed by atoms with van der Waals surface area (Å²) in [5.41, 5.74) is 1.51. The lowest BCUT2D eigenvalue weighted by Crippen LogP contribution is -2.04. The van der Waals surface area contributed by atoms with Gasteiger partial charge in [0.1, 0.15) is 15.0 Å². The van der Waals surface area contributed by atoms with Gasteiger partial charge in [-0.2, -0.15) is 10.4 Å². The van der Waals surface area contributed by atoms with E-state index in [-0.39, 0.29) is 0 Å². The monoisotopic (exact) mass is 369 g/mol. The summed E-state index contributed by atoms with van der Waals surface area (Å²) in [6.07, 6.45) is 0. The fourth-order valence-electron chi connectivity index (χ4n) is 1.61. The van der Waals surface area contributed by atoms with Gasteiger partial charge in [-0.25, -0.2) is 0 Å². The summed E-state index contributed by atoms with van der Waals surface area (Å²) in [5, 5.41) is 13.2. The fourth-order valence-corrected chi connectivity index (χ4v) is 2.75. The van der Waals surface area contributed by atoms with Gasteiger partial charge in [0.25, 0.3) is 0 Å². The first kappa shape index (κ1) is 13.1. The largest absolute Gasteiger partial charge is 0.496 e. The summed E-state index contributed by atoms with van der Waals surface area (Å²) in [4.78, 5) is 0. The Balaban J connectivity index is 2.38. The molecule has 0 radical (unpaired) electrons. The standard InChI is InChI=1S/C12H9Br2N3O/c1-18-10-3-2-8(6-15)4-9(10)7-17-12(14)5-11(13)16-17/h2-5H,7H2,1H3. The highest BCUT2D eigenvalue weighted by Crippen LogP contribution is 2.23. The van der Waals surface area contributed by atoms with Crippen LogP contribution in [0.25, 0.3) is 0 Å². The van der Waals surface area contributed by atoms with Crippen LogP contribution >= 0.6 is 31.9 Å². The van der Waals surface area contributed by atoms with Gasteiger partial charge in [-0.05, 0) is 50.1 Å². The van der Waals surface area contributed by atoms with E-state index in [1.165, 1.54) is 0 Å². The highest BCUT2D eigenvalue weighted by molar-refractivity contribution is 9.11. The first-order valence-electron chi connectivity index (χ1n) is 5.10. The summed E-state index contributed by atoms with van der Waals surface area (Å²) in [6.45, 7) is 0.533. The second-order valence-corrected chi connectivity index (χ2v) is 5.21. The third kappa shape index (κ3) is 2.74. The van der Waals surface area contributed by atoms with Crippen LogP contribution in [0.15, 0.2) is 33.5 Å². The maximum atomic E-state index is 8.92. The molecule has 0 aliphatic carbocycles. The van der Waals surface area contributed by atoms with Crippen LogP contribution in [0.4, 0.5) is 0 Å². The lowest BCUT2D eigenvalue weighted by Gasteiger charge is -2.09. The fraction of sp³-hybridized carbons (Fsp3) is 0.167. The SMILES string of the molecule is COc1ccc(C#N)cc1Cn1nc(Br)cc1Br. The van der Waals surface area contributed by atoms with E-state index in [1.54, 1.807) is 30.0 Å². The van der Waals surface area contributed by atoms with Gasteiger partial charge in [0.2, 0.25) is 0 Å². The van der Waals surface area contributed by atoms with Crippen LogP contribution < -0.4 is 4.74 Å². The zero-order chi connectivity index (χ0) is 13.1. The van der Waals surface area contributed by atoms with Gasteiger partial charge in [0, 0.05) is 11.6 Å². The van der Waals surface area contributed by atoms with Crippen molar-refractivity contribution in [1.82, 2.24) is 9.78 Å². The van der Waals surface area contributed by atoms with Crippen molar-refractivity contribution >= 4 is 31.9 Å². The normalized spacial score (nSPS) is 10.1. The molecular weight excluding hydrogens is 362 g/mol. The summed E-state index contributed by atoms with van der Waals surface area (Å²) < 4.78 is 8.68. The van der Waals surface area contributed by atoms with Crippen molar-refractivity contribution in [2.45, 2.75) is 6.54 Å². The van der Waals surface area contributed by atoms with Crippen molar-refractivity contribution in [2.24, 2.45) is 0 Å². The Morgan fingerprint density at radius 3 is 2.72 bits per heavy atom. The van der Waals surface area contributed by atoms with Gasteiger partial charge in [-0.15, -0.1) is 0 Å². The van der Waals surface area contributed by atoms with Gasteiger partial charge in [-0.1, -0.05) is 0 Å². The Kier molecular flexibility index (Phi) is 4.04. The number of benzene rings is 1. The van der Waals surface area contributed by atoms with E-state index in [0.717, 1.165) is 20.5 Å². The van der Waals surface area contributed by atoms with Crippen LogP contribution in [0.3, 0.4) is 0 Å². The highest BCUT2D eigenvalue weighted by Gasteiger charge is 2.09. The van der Waals surface area contributed by atoms with Crippen molar-refractivity contribution in [1.29, 1.82) is 5.26 Å². The molecule has 1 heterocycles. The molecule has 0 amide bonds. The van der Waals surface area contributed by atoms with Gasteiger partial charge < -0.3 is 4.74 Å². The maximum absolute atomic E-state index is 8.92. The van der Waals surface area contributed by atoms with Crippen molar-refractivity contribution < 1.29 is 4.74 Å². The number of nitriles is 1. The Morgan fingerprint density at radius 2 is 2.17 bits per heavy atom. The van der Waals surface area contributed by atoms with Crippen LogP contribution in [0.1, 0.15) is 11.1 Å². The molecule has 0 spiro atoms. The quantitative estimate of drug-likeness (QED) is 0.832. The molecule has 0 aliphatic rings. The third-order valence-electron chi connectivity index (χ3n) is 2.43. The Labute approximate surface area is 121 Å². The predicted octanol–water partition coefficient (Wildman–Crippen LogP) is 3.34. The molecule has 2 rings (SSSR count). The molecule has 0 bridgehead atoms. The van der Waals surface area contributed by atoms with Crippen molar-refractivity contribution in [3.63, 3.8) is 0 Å². The Hall–Kier alpha value is -1.32. The van der Waals surface area contributed by atoms with E-state index in [9.17, 15) is 0 Å². The van der Waals surface area contributed by atoms with E-state index in [4.69, 9.17) is 10.00 Å². The molecule has 0 atom stereocenters. The second-order valence-electron chi connectivity index (χ2n) is 3.59. The first-order valence-corrected chi connectivity index (χ1v) is 6.68. The predicted molar refractivity (Wildman–Crippen MR) is 74.4 cm³/mol. The molecule has 4 nitrogen and oxygen atoms in total. The molecule has 2 aromatic rings. The smallest absolute Gasteiger partial charge is 0.129 e. The van der Waals surface area contributed by atoms with Crippen LogP contribution in [-0.4, -0.2) is 16.9 Å². The number of hydrogen-bond donors (Lipinski definition) is 0. The summed E-state index contributed by atoms with van der Waals surface area (Å²) >= 11 is 6.74. The van der Waals surface area contributed by atoms with E-state index in [0.29, 0.717) is 12.1 Å². The number of halogens is 2. The molecule has 0 saturated heterocycles. The Bertz CT molecular complexity index is 616. The van der Waals surface area contributed by atoms with Crippen molar-refractivity contribution in [3.8, 4) is 11.8 Å². The van der Waals surface area contributed by atoms with E-state index in [2.05, 4.69) is 43.0 Å². The maximum Gasteiger partial charge on any atom is 0.129 e. The number of ether oxygens (including phenoxy) is 1. The highest BCUT2D eigenvalue weighted by atomic mass is 79.9. The minimum absolute atomic E-state index is 0.533. The van der Waals surface area contributed by atoms with Crippen LogP contribution in [0.5, 0.6) is 5.75 Å². The number of rotatable bonds is 3. The summed E-state index contributed by atoms with van der Waals surface area (Å²) in [5.74, 6) is 0.743. The molecular formula is C12H9Br2N3O. The average molecular weight is 371 g/mol. The van der Waals surface area contributed by atoms with E-state index >= 15 is 0 Å². The minimum atomic E-state index is 0.533. The van der Waals surface area contributed by atoms with Crippen molar-refractivity contribution in [3.05, 3.63) is 44.6 Å². The second kappa shape index (κ2) is 5.55. The first-order chi connectivity index (χ1) is 8.63. The zero-order valence-corrected chi connectivity index (χ0v) is 12.7. The topological polar surface area (TPSA) is 50.8 Å². The third-order valence-corrected chi connectivity index (χ3v) is 3.46. The number of methoxy groups -OCH3 is 1. The molecule has 0 fully saturated rings. The molecule has 0 saturated carbocycles. The lowest BCUT2D eigenvalue weighted by molar-refractivity contribution is 0.407. The minimum Gasteiger partial charge on any atom is -0.496 e. The van der Waals surface area contributed by atoms with E-state index < -0.39 is 0 Å².